The minimum atomic E-state index is -0.316. The second kappa shape index (κ2) is 8.99. The number of carbonyl (C=O) groups excluding carboxylic acids is 2. The number of amides is 2. The van der Waals surface area contributed by atoms with Gasteiger partial charge in [-0.2, -0.15) is 0 Å². The van der Waals surface area contributed by atoms with Crippen molar-refractivity contribution in [2.45, 2.75) is 43.7 Å². The smallest absolute Gasteiger partial charge is 0.242 e. The van der Waals surface area contributed by atoms with E-state index in [-0.39, 0.29) is 54.7 Å². The number of carbonyl (C=O) groups is 2. The van der Waals surface area contributed by atoms with Crippen LogP contribution >= 0.6 is 0 Å². The Kier molecular flexibility index (Phi) is 5.90. The van der Waals surface area contributed by atoms with Gasteiger partial charge in [-0.3, -0.25) is 9.59 Å². The van der Waals surface area contributed by atoms with Gasteiger partial charge in [-0.15, -0.1) is 0 Å². The molecule has 0 aromatic heterocycles. The SMILES string of the molecule is O=C(C1CCCC1)N1CC(=O)N2[C@H](CO)[C@H](c3ccc(C#Cc4cccc(F)c4)cc3)[C@@H]2C1. The molecule has 1 saturated carbocycles. The van der Waals surface area contributed by atoms with Crippen LogP contribution in [0, 0.1) is 23.6 Å². The summed E-state index contributed by atoms with van der Waals surface area (Å²) in [5, 5.41) is 9.98. The van der Waals surface area contributed by atoms with E-state index < -0.39 is 0 Å². The molecule has 2 saturated heterocycles. The lowest BCUT2D eigenvalue weighted by Crippen LogP contribution is -2.73. The molecule has 33 heavy (non-hydrogen) atoms. The molecule has 0 bridgehead atoms. The molecule has 2 aromatic carbocycles. The zero-order chi connectivity index (χ0) is 22.9. The lowest BCUT2D eigenvalue weighted by Gasteiger charge is -2.59. The number of halogens is 1. The molecule has 1 N–H and O–H groups in total. The van der Waals surface area contributed by atoms with Crippen LogP contribution in [0.4, 0.5) is 4.39 Å². The van der Waals surface area contributed by atoms with Gasteiger partial charge in [0.1, 0.15) is 5.82 Å². The highest BCUT2D eigenvalue weighted by Gasteiger charge is 2.54. The number of aliphatic hydroxyl groups excluding tert-OH is 1. The number of hydrogen-bond acceptors (Lipinski definition) is 3. The van der Waals surface area contributed by atoms with Crippen LogP contribution in [0.5, 0.6) is 0 Å². The fourth-order valence-corrected chi connectivity index (χ4v) is 5.60. The monoisotopic (exact) mass is 446 g/mol. The van der Waals surface area contributed by atoms with Crippen LogP contribution in [-0.2, 0) is 9.59 Å². The zero-order valence-electron chi connectivity index (χ0n) is 18.4. The Morgan fingerprint density at radius 3 is 2.48 bits per heavy atom. The molecular weight excluding hydrogens is 419 g/mol. The van der Waals surface area contributed by atoms with Gasteiger partial charge in [-0.1, -0.05) is 42.9 Å². The van der Waals surface area contributed by atoms with Crippen molar-refractivity contribution in [2.75, 3.05) is 19.7 Å². The van der Waals surface area contributed by atoms with E-state index in [1.807, 2.05) is 24.3 Å². The number of hydrogen-bond donors (Lipinski definition) is 1. The molecule has 3 aliphatic rings. The summed E-state index contributed by atoms with van der Waals surface area (Å²) in [6, 6.07) is 13.6. The second-order valence-electron chi connectivity index (χ2n) is 9.23. The van der Waals surface area contributed by atoms with Gasteiger partial charge in [0, 0.05) is 29.5 Å². The normalized spacial score (nSPS) is 24.7. The first-order valence-corrected chi connectivity index (χ1v) is 11.6. The second-order valence-corrected chi connectivity index (χ2v) is 9.23. The molecule has 5 nitrogen and oxygen atoms in total. The predicted molar refractivity (Wildman–Crippen MR) is 122 cm³/mol. The third kappa shape index (κ3) is 4.14. The summed E-state index contributed by atoms with van der Waals surface area (Å²) in [5.74, 6) is 5.75. The summed E-state index contributed by atoms with van der Waals surface area (Å²) in [6.07, 6.45) is 3.99. The summed E-state index contributed by atoms with van der Waals surface area (Å²) in [6.45, 7) is 0.525. The van der Waals surface area contributed by atoms with E-state index in [4.69, 9.17) is 0 Å². The third-order valence-corrected chi connectivity index (χ3v) is 7.24. The van der Waals surface area contributed by atoms with E-state index in [0.29, 0.717) is 12.1 Å². The lowest BCUT2D eigenvalue weighted by atomic mass is 9.73. The molecule has 0 radical (unpaired) electrons. The van der Waals surface area contributed by atoms with Crippen molar-refractivity contribution in [1.29, 1.82) is 0 Å². The number of rotatable bonds is 3. The van der Waals surface area contributed by atoms with Crippen LogP contribution in [0.15, 0.2) is 48.5 Å². The minimum Gasteiger partial charge on any atom is -0.394 e. The fraction of sp³-hybridized carbons (Fsp3) is 0.407. The molecule has 2 heterocycles. The predicted octanol–water partition coefficient (Wildman–Crippen LogP) is 2.91. The molecule has 2 aromatic rings. The topological polar surface area (TPSA) is 60.9 Å². The van der Waals surface area contributed by atoms with Crippen LogP contribution in [0.1, 0.15) is 48.3 Å². The van der Waals surface area contributed by atoms with Crippen molar-refractivity contribution < 1.29 is 19.1 Å². The third-order valence-electron chi connectivity index (χ3n) is 7.24. The Labute approximate surface area is 193 Å². The van der Waals surface area contributed by atoms with E-state index in [9.17, 15) is 19.1 Å². The van der Waals surface area contributed by atoms with Crippen molar-refractivity contribution in [3.63, 3.8) is 0 Å². The van der Waals surface area contributed by atoms with E-state index in [1.165, 1.54) is 12.1 Å². The molecule has 0 spiro atoms. The van der Waals surface area contributed by atoms with Crippen LogP contribution in [0.2, 0.25) is 0 Å². The first-order valence-electron chi connectivity index (χ1n) is 11.6. The Bertz CT molecular complexity index is 1110. The summed E-state index contributed by atoms with van der Waals surface area (Å²) in [5.41, 5.74) is 2.44. The van der Waals surface area contributed by atoms with E-state index >= 15 is 0 Å². The van der Waals surface area contributed by atoms with Gasteiger partial charge in [0.2, 0.25) is 11.8 Å². The molecular formula is C27H27FN2O3. The van der Waals surface area contributed by atoms with Crippen LogP contribution in [0.25, 0.3) is 0 Å². The van der Waals surface area contributed by atoms with Gasteiger partial charge >= 0.3 is 0 Å². The van der Waals surface area contributed by atoms with E-state index in [2.05, 4.69) is 11.8 Å². The zero-order valence-corrected chi connectivity index (χ0v) is 18.4. The fourth-order valence-electron chi connectivity index (χ4n) is 5.60. The highest BCUT2D eigenvalue weighted by molar-refractivity contribution is 5.88. The molecule has 2 aliphatic heterocycles. The molecule has 0 unspecified atom stereocenters. The molecule has 1 aliphatic carbocycles. The summed E-state index contributed by atoms with van der Waals surface area (Å²) in [4.78, 5) is 29.2. The largest absolute Gasteiger partial charge is 0.394 e. The number of fused-ring (bicyclic) bond motifs is 1. The Morgan fingerprint density at radius 2 is 1.79 bits per heavy atom. The van der Waals surface area contributed by atoms with Crippen molar-refractivity contribution >= 4 is 11.8 Å². The Balaban J connectivity index is 1.32. The molecule has 3 atom stereocenters. The van der Waals surface area contributed by atoms with Crippen LogP contribution < -0.4 is 0 Å². The molecule has 6 heteroatoms. The van der Waals surface area contributed by atoms with Gasteiger partial charge < -0.3 is 14.9 Å². The van der Waals surface area contributed by atoms with Gasteiger partial charge in [0.25, 0.3) is 0 Å². The Morgan fingerprint density at radius 1 is 1.06 bits per heavy atom. The van der Waals surface area contributed by atoms with E-state index in [0.717, 1.165) is 36.8 Å². The number of benzene rings is 2. The number of nitrogens with zero attached hydrogens (tertiary/aromatic N) is 2. The maximum Gasteiger partial charge on any atom is 0.242 e. The lowest BCUT2D eigenvalue weighted by molar-refractivity contribution is -0.168. The van der Waals surface area contributed by atoms with Crippen molar-refractivity contribution in [1.82, 2.24) is 9.80 Å². The minimum absolute atomic E-state index is 0.0247. The first kappa shape index (κ1) is 21.7. The van der Waals surface area contributed by atoms with Crippen molar-refractivity contribution in [3.8, 4) is 11.8 Å². The summed E-state index contributed by atoms with van der Waals surface area (Å²) in [7, 11) is 0. The molecule has 170 valence electrons. The summed E-state index contributed by atoms with van der Waals surface area (Å²) < 4.78 is 13.3. The quantitative estimate of drug-likeness (QED) is 0.738. The Hall–Kier alpha value is -3.17. The van der Waals surface area contributed by atoms with Gasteiger partial charge in [0.05, 0.1) is 25.2 Å². The van der Waals surface area contributed by atoms with Gasteiger partial charge in [0.15, 0.2) is 0 Å². The first-order chi connectivity index (χ1) is 16.0. The maximum atomic E-state index is 13.3. The molecule has 5 rings (SSSR count). The highest BCUT2D eigenvalue weighted by atomic mass is 19.1. The molecule has 3 fully saturated rings. The van der Waals surface area contributed by atoms with E-state index in [1.54, 1.807) is 21.9 Å². The van der Waals surface area contributed by atoms with Gasteiger partial charge in [-0.05, 0) is 48.7 Å². The highest BCUT2D eigenvalue weighted by Crippen LogP contribution is 2.43. The van der Waals surface area contributed by atoms with Crippen molar-refractivity contribution in [3.05, 3.63) is 71.0 Å². The van der Waals surface area contributed by atoms with Gasteiger partial charge in [-0.25, -0.2) is 4.39 Å². The van der Waals surface area contributed by atoms with Crippen molar-refractivity contribution in [2.24, 2.45) is 5.92 Å². The average Bonchev–Trinajstić information content (AvgIpc) is 3.34. The maximum absolute atomic E-state index is 13.3. The number of piperazine rings is 1. The standard InChI is InChI=1S/C27H27FN2O3/c28-22-7-3-4-19(14-22)9-8-18-10-12-20(13-11-18)26-23-15-29(27(33)21-5-1-2-6-21)16-25(32)30(23)24(26)17-31/h3-4,7,10-14,21,23-24,26,31H,1-2,5-6,15-17H2/t23-,24+,26+/m0/s1. The summed E-state index contributed by atoms with van der Waals surface area (Å²) >= 11 is 0. The number of aliphatic hydroxyl groups is 1. The molecule has 2 amide bonds. The van der Waals surface area contributed by atoms with Crippen LogP contribution in [-0.4, -0.2) is 58.5 Å². The van der Waals surface area contributed by atoms with Crippen LogP contribution in [0.3, 0.4) is 0 Å². The average molecular weight is 447 g/mol.